The quantitative estimate of drug-likeness (QED) is 0.486. The van der Waals surface area contributed by atoms with E-state index in [9.17, 15) is 0 Å². The minimum absolute atomic E-state index is 0.392. The first-order chi connectivity index (χ1) is 7.83. The summed E-state index contributed by atoms with van der Waals surface area (Å²) in [5.74, 6) is 0.687. The van der Waals surface area contributed by atoms with Crippen LogP contribution in [0.1, 0.15) is 18.9 Å². The number of halogens is 1. The zero-order chi connectivity index (χ0) is 11.8. The second-order valence-corrected chi connectivity index (χ2v) is 3.32. The molecule has 0 saturated carbocycles. The molecule has 0 atom stereocenters. The van der Waals surface area contributed by atoms with E-state index >= 15 is 0 Å². The van der Waals surface area contributed by atoms with Crippen LogP contribution in [0.2, 0.25) is 0 Å². The van der Waals surface area contributed by atoms with Crippen molar-refractivity contribution in [1.29, 1.82) is 0 Å². The molecule has 86 valence electrons. The third-order valence-corrected chi connectivity index (χ3v) is 2.26. The van der Waals surface area contributed by atoms with Crippen LogP contribution in [0.4, 0.5) is 0 Å². The van der Waals surface area contributed by atoms with Crippen LogP contribution in [-0.4, -0.2) is 17.5 Å². The fourth-order valence-electron chi connectivity index (χ4n) is 1.32. The zero-order valence-electron chi connectivity index (χ0n) is 9.06. The average molecular weight is 240 g/mol. The third-order valence-electron chi connectivity index (χ3n) is 2.08. The van der Waals surface area contributed by atoms with Crippen molar-refractivity contribution in [2.24, 2.45) is 5.16 Å². The molecular weight excluding hydrogens is 226 g/mol. The van der Waals surface area contributed by atoms with E-state index in [1.807, 2.05) is 31.2 Å². The number of ether oxygens (including phenoxy) is 1. The Kier molecular flexibility index (Phi) is 5.43. The summed E-state index contributed by atoms with van der Waals surface area (Å²) >= 11 is 5.40. The molecule has 0 saturated heterocycles. The average Bonchev–Trinajstić information content (AvgIpc) is 2.33. The van der Waals surface area contributed by atoms with E-state index in [-0.39, 0.29) is 0 Å². The Morgan fingerprint density at radius 3 is 2.88 bits per heavy atom. The molecule has 0 amide bonds. The van der Waals surface area contributed by atoms with Gasteiger partial charge in [0.15, 0.2) is 0 Å². The van der Waals surface area contributed by atoms with E-state index in [1.54, 1.807) is 6.08 Å². The normalized spacial score (nSPS) is 12.0. The Balaban J connectivity index is 2.91. The van der Waals surface area contributed by atoms with E-state index in [1.165, 1.54) is 5.54 Å². The van der Waals surface area contributed by atoms with Gasteiger partial charge in [0.1, 0.15) is 12.4 Å². The van der Waals surface area contributed by atoms with Crippen molar-refractivity contribution in [3.63, 3.8) is 0 Å². The van der Waals surface area contributed by atoms with Crippen LogP contribution >= 0.6 is 11.6 Å². The maximum Gasteiger partial charge on any atom is 0.128 e. The van der Waals surface area contributed by atoms with E-state index in [0.717, 1.165) is 5.56 Å². The monoisotopic (exact) mass is 239 g/mol. The minimum Gasteiger partial charge on any atom is -0.489 e. The molecule has 0 aliphatic rings. The molecule has 1 aromatic rings. The first-order valence-electron chi connectivity index (χ1n) is 5.01. The molecule has 0 fully saturated rings. The van der Waals surface area contributed by atoms with Gasteiger partial charge in [-0.25, -0.2) is 0 Å². The van der Waals surface area contributed by atoms with Gasteiger partial charge in [0.25, 0.3) is 0 Å². The minimum atomic E-state index is 0.392. The largest absolute Gasteiger partial charge is 0.489 e. The van der Waals surface area contributed by atoms with Crippen molar-refractivity contribution >= 4 is 17.3 Å². The van der Waals surface area contributed by atoms with Gasteiger partial charge in [-0.3, -0.25) is 0 Å². The highest BCUT2D eigenvalue weighted by molar-refractivity contribution is 6.25. The summed E-state index contributed by atoms with van der Waals surface area (Å²) in [5.41, 5.74) is 2.81. The van der Waals surface area contributed by atoms with Gasteiger partial charge < -0.3 is 9.94 Å². The Bertz CT molecular complexity index is 388. The van der Waals surface area contributed by atoms with Crippen LogP contribution in [0, 0.1) is 0 Å². The smallest absolute Gasteiger partial charge is 0.128 e. The van der Waals surface area contributed by atoms with Gasteiger partial charge in [0.2, 0.25) is 0 Å². The topological polar surface area (TPSA) is 41.8 Å². The fraction of sp³-hybridized carbons (Fsp3) is 0.250. The van der Waals surface area contributed by atoms with Gasteiger partial charge >= 0.3 is 0 Å². The number of nitrogens with zero attached hydrogens (tertiary/aromatic N) is 1. The third kappa shape index (κ3) is 3.28. The van der Waals surface area contributed by atoms with Crippen molar-refractivity contribution in [2.45, 2.75) is 13.3 Å². The van der Waals surface area contributed by atoms with Crippen molar-refractivity contribution in [1.82, 2.24) is 0 Å². The van der Waals surface area contributed by atoms with Gasteiger partial charge in [-0.05, 0) is 24.6 Å². The number of rotatable bonds is 5. The maximum atomic E-state index is 8.87. The molecule has 0 aliphatic carbocycles. The van der Waals surface area contributed by atoms with Crippen LogP contribution in [0.15, 0.2) is 41.0 Å². The van der Waals surface area contributed by atoms with Gasteiger partial charge in [-0.15, -0.1) is 0 Å². The second-order valence-electron chi connectivity index (χ2n) is 3.07. The van der Waals surface area contributed by atoms with Gasteiger partial charge in [-0.1, -0.05) is 35.8 Å². The highest BCUT2D eigenvalue weighted by atomic mass is 35.5. The molecule has 4 heteroatoms. The molecule has 0 unspecified atom stereocenters. The number of hydrogen-bond acceptors (Lipinski definition) is 3. The molecule has 0 aliphatic heterocycles. The van der Waals surface area contributed by atoms with Gasteiger partial charge in [-0.2, -0.15) is 0 Å². The van der Waals surface area contributed by atoms with E-state index in [0.29, 0.717) is 24.5 Å². The lowest BCUT2D eigenvalue weighted by atomic mass is 10.1. The van der Waals surface area contributed by atoms with Crippen molar-refractivity contribution < 1.29 is 9.94 Å². The lowest BCUT2D eigenvalue weighted by Crippen LogP contribution is -2.04. The van der Waals surface area contributed by atoms with Crippen molar-refractivity contribution in [3.05, 3.63) is 41.4 Å². The van der Waals surface area contributed by atoms with Crippen molar-refractivity contribution in [3.8, 4) is 5.75 Å². The second kappa shape index (κ2) is 6.90. The van der Waals surface area contributed by atoms with Gasteiger partial charge in [0, 0.05) is 11.1 Å². The summed E-state index contributed by atoms with van der Waals surface area (Å²) in [6, 6.07) is 7.44. The summed E-state index contributed by atoms with van der Waals surface area (Å²) in [5, 5.41) is 12.1. The molecule has 1 rings (SSSR count). The van der Waals surface area contributed by atoms with E-state index in [4.69, 9.17) is 21.5 Å². The Morgan fingerprint density at radius 2 is 2.25 bits per heavy atom. The van der Waals surface area contributed by atoms with E-state index in [2.05, 4.69) is 5.16 Å². The lowest BCUT2D eigenvalue weighted by Gasteiger charge is -2.09. The Hall–Kier alpha value is -1.48. The fourth-order valence-corrected chi connectivity index (χ4v) is 1.39. The number of oxime groups is 1. The highest BCUT2D eigenvalue weighted by Crippen LogP contribution is 2.20. The number of benzene rings is 1. The first-order valence-corrected chi connectivity index (χ1v) is 5.45. The molecule has 1 N–H and O–H groups in total. The maximum absolute atomic E-state index is 8.87. The van der Waals surface area contributed by atoms with Crippen LogP contribution in [0.25, 0.3) is 0 Å². The zero-order valence-corrected chi connectivity index (χ0v) is 9.81. The molecule has 1 aromatic carbocycles. The standard InChI is InChI=1S/C12H14ClNO2/c1-2-11(14-15)10-6-3-4-7-12(10)16-9-5-8-13/h3-8,15H,2,9H2,1H3/b8-5+,14-11+. The van der Waals surface area contributed by atoms with Gasteiger partial charge in [0.05, 0.1) is 5.71 Å². The lowest BCUT2D eigenvalue weighted by molar-refractivity contribution is 0.317. The molecule has 16 heavy (non-hydrogen) atoms. The Labute approximate surface area is 100.0 Å². The molecule has 0 spiro atoms. The summed E-state index contributed by atoms with van der Waals surface area (Å²) in [6.07, 6.45) is 2.34. The Morgan fingerprint density at radius 1 is 1.50 bits per heavy atom. The molecule has 0 bridgehead atoms. The van der Waals surface area contributed by atoms with Crippen LogP contribution in [-0.2, 0) is 0 Å². The molecule has 0 radical (unpaired) electrons. The summed E-state index contributed by atoms with van der Waals surface area (Å²) < 4.78 is 5.50. The molecule has 3 nitrogen and oxygen atoms in total. The van der Waals surface area contributed by atoms with Crippen LogP contribution in [0.3, 0.4) is 0 Å². The van der Waals surface area contributed by atoms with Crippen molar-refractivity contribution in [2.75, 3.05) is 6.61 Å². The summed E-state index contributed by atoms with van der Waals surface area (Å²) in [6.45, 7) is 2.31. The predicted octanol–water partition coefficient (Wildman–Crippen LogP) is 3.41. The van der Waals surface area contributed by atoms with E-state index < -0.39 is 0 Å². The first kappa shape index (κ1) is 12.6. The molecular formula is C12H14ClNO2. The van der Waals surface area contributed by atoms with Crippen LogP contribution in [0.5, 0.6) is 5.75 Å². The van der Waals surface area contributed by atoms with Crippen LogP contribution < -0.4 is 4.74 Å². The summed E-state index contributed by atoms with van der Waals surface area (Å²) in [4.78, 5) is 0. The molecule has 0 aromatic heterocycles. The highest BCUT2D eigenvalue weighted by Gasteiger charge is 2.08. The number of para-hydroxylation sites is 1. The molecule has 0 heterocycles. The summed E-state index contributed by atoms with van der Waals surface area (Å²) in [7, 11) is 0. The number of hydrogen-bond donors (Lipinski definition) is 1. The predicted molar refractivity (Wildman–Crippen MR) is 65.5 cm³/mol. The SMILES string of the molecule is CC/C(=N\O)c1ccccc1OC/C=C/Cl.